The summed E-state index contributed by atoms with van der Waals surface area (Å²) >= 11 is 0. The zero-order valence-corrected chi connectivity index (χ0v) is 13.5. The predicted octanol–water partition coefficient (Wildman–Crippen LogP) is 0.309. The SMILES string of the molecule is COC(=O)[C@H]1OC(=O)N2c3ccc(N4CCOCC4=O)cc3OC[C@@H]12. The van der Waals surface area contributed by atoms with Crippen molar-refractivity contribution < 1.29 is 33.3 Å². The summed E-state index contributed by atoms with van der Waals surface area (Å²) in [5.74, 6) is -0.301. The smallest absolute Gasteiger partial charge is 0.415 e. The van der Waals surface area contributed by atoms with Crippen LogP contribution < -0.4 is 14.5 Å². The van der Waals surface area contributed by atoms with Gasteiger partial charge < -0.3 is 23.8 Å². The zero-order valence-electron chi connectivity index (χ0n) is 13.5. The number of rotatable bonds is 2. The van der Waals surface area contributed by atoms with Crippen molar-refractivity contribution in [1.82, 2.24) is 0 Å². The highest BCUT2D eigenvalue weighted by atomic mass is 16.6. The third kappa shape index (κ3) is 2.47. The number of anilines is 2. The Kier molecular flexibility index (Phi) is 3.72. The van der Waals surface area contributed by atoms with Crippen LogP contribution in [0.15, 0.2) is 18.2 Å². The van der Waals surface area contributed by atoms with Gasteiger partial charge in [-0.1, -0.05) is 0 Å². The van der Waals surface area contributed by atoms with Gasteiger partial charge in [0.1, 0.15) is 25.0 Å². The lowest BCUT2D eigenvalue weighted by molar-refractivity contribution is -0.150. The van der Waals surface area contributed by atoms with E-state index in [9.17, 15) is 14.4 Å². The zero-order chi connectivity index (χ0) is 17.6. The maximum atomic E-state index is 12.2. The van der Waals surface area contributed by atoms with Gasteiger partial charge >= 0.3 is 12.1 Å². The van der Waals surface area contributed by atoms with E-state index >= 15 is 0 Å². The summed E-state index contributed by atoms with van der Waals surface area (Å²) in [5, 5.41) is 0. The number of amides is 2. The number of carbonyl (C=O) groups is 3. The molecule has 9 nitrogen and oxygen atoms in total. The average molecular weight is 348 g/mol. The standard InChI is InChI=1S/C16H16N2O7/c1-22-15(20)14-11-7-24-12-6-9(17-4-5-23-8-13(17)19)2-3-10(12)18(11)16(21)25-14/h2-3,6,11,14H,4-5,7-8H2,1H3/t11-,14-/m0/s1. The number of methoxy groups -OCH3 is 1. The van der Waals surface area contributed by atoms with Crippen molar-refractivity contribution in [3.8, 4) is 5.75 Å². The number of nitrogens with zero attached hydrogens (tertiary/aromatic N) is 2. The van der Waals surface area contributed by atoms with E-state index in [2.05, 4.69) is 4.74 Å². The highest BCUT2D eigenvalue weighted by molar-refractivity contribution is 5.99. The van der Waals surface area contributed by atoms with Gasteiger partial charge in [-0.15, -0.1) is 0 Å². The van der Waals surface area contributed by atoms with E-state index in [4.69, 9.17) is 14.2 Å². The summed E-state index contributed by atoms with van der Waals surface area (Å²) in [4.78, 5) is 39.0. The van der Waals surface area contributed by atoms with Gasteiger partial charge in [0.15, 0.2) is 0 Å². The molecule has 132 valence electrons. The van der Waals surface area contributed by atoms with Gasteiger partial charge in [0.05, 0.1) is 19.4 Å². The molecule has 0 N–H and O–H groups in total. The number of ether oxygens (including phenoxy) is 4. The van der Waals surface area contributed by atoms with E-state index in [1.165, 1.54) is 12.0 Å². The predicted molar refractivity (Wildman–Crippen MR) is 83.7 cm³/mol. The Hall–Kier alpha value is -2.81. The van der Waals surface area contributed by atoms with Crippen molar-refractivity contribution in [3.63, 3.8) is 0 Å². The van der Waals surface area contributed by atoms with E-state index in [0.717, 1.165) is 0 Å². The first-order valence-corrected chi connectivity index (χ1v) is 7.83. The Balaban J connectivity index is 1.64. The second-order valence-corrected chi connectivity index (χ2v) is 5.83. The van der Waals surface area contributed by atoms with Crippen LogP contribution in [0.5, 0.6) is 5.75 Å². The number of hydrogen-bond acceptors (Lipinski definition) is 7. The Labute approximate surface area is 143 Å². The fourth-order valence-corrected chi connectivity index (χ4v) is 3.23. The minimum atomic E-state index is -1.02. The number of esters is 1. The molecule has 2 saturated heterocycles. The molecule has 25 heavy (non-hydrogen) atoms. The van der Waals surface area contributed by atoms with Crippen molar-refractivity contribution in [2.75, 3.05) is 43.3 Å². The Morgan fingerprint density at radius 1 is 1.32 bits per heavy atom. The number of cyclic esters (lactones) is 1. The van der Waals surface area contributed by atoms with E-state index in [1.54, 1.807) is 23.1 Å². The van der Waals surface area contributed by atoms with Crippen LogP contribution in [0.25, 0.3) is 0 Å². The Bertz CT molecular complexity index is 750. The second-order valence-electron chi connectivity index (χ2n) is 5.83. The summed E-state index contributed by atoms with van der Waals surface area (Å²) in [5.41, 5.74) is 1.17. The summed E-state index contributed by atoms with van der Waals surface area (Å²) in [6, 6.07) is 4.53. The molecule has 3 aliphatic heterocycles. The van der Waals surface area contributed by atoms with Crippen LogP contribution in [0.1, 0.15) is 0 Å². The number of benzene rings is 1. The van der Waals surface area contributed by atoms with E-state index in [1.807, 2.05) is 0 Å². The van der Waals surface area contributed by atoms with Crippen molar-refractivity contribution in [2.45, 2.75) is 12.1 Å². The van der Waals surface area contributed by atoms with Gasteiger partial charge in [0.25, 0.3) is 5.91 Å². The van der Waals surface area contributed by atoms with Crippen molar-refractivity contribution in [1.29, 1.82) is 0 Å². The summed E-state index contributed by atoms with van der Waals surface area (Å²) in [7, 11) is 1.24. The molecule has 0 radical (unpaired) electrons. The molecule has 0 saturated carbocycles. The summed E-state index contributed by atoms with van der Waals surface area (Å²) in [6.07, 6.45) is -1.65. The molecular formula is C16H16N2O7. The van der Waals surface area contributed by atoms with Gasteiger partial charge in [-0.25, -0.2) is 9.59 Å². The topological polar surface area (TPSA) is 94.6 Å². The molecule has 1 aromatic carbocycles. The molecular weight excluding hydrogens is 332 g/mol. The Morgan fingerprint density at radius 2 is 2.16 bits per heavy atom. The molecule has 0 aromatic heterocycles. The molecule has 0 spiro atoms. The van der Waals surface area contributed by atoms with Crippen LogP contribution >= 0.6 is 0 Å². The lowest BCUT2D eigenvalue weighted by atomic mass is 10.1. The molecule has 0 unspecified atom stereocenters. The fourth-order valence-electron chi connectivity index (χ4n) is 3.23. The lowest BCUT2D eigenvalue weighted by Gasteiger charge is -2.32. The number of morpholine rings is 1. The fraction of sp³-hybridized carbons (Fsp3) is 0.438. The molecule has 9 heteroatoms. The highest BCUT2D eigenvalue weighted by Gasteiger charge is 2.50. The number of carbonyl (C=O) groups excluding carboxylic acids is 3. The first-order chi connectivity index (χ1) is 12.1. The van der Waals surface area contributed by atoms with Crippen LogP contribution in [0, 0.1) is 0 Å². The van der Waals surface area contributed by atoms with Gasteiger partial charge in [0.2, 0.25) is 6.10 Å². The average Bonchev–Trinajstić information content (AvgIpc) is 2.98. The van der Waals surface area contributed by atoms with Crippen LogP contribution in [0.2, 0.25) is 0 Å². The van der Waals surface area contributed by atoms with E-state index < -0.39 is 24.2 Å². The van der Waals surface area contributed by atoms with Crippen LogP contribution in [-0.2, 0) is 23.8 Å². The van der Waals surface area contributed by atoms with E-state index in [-0.39, 0.29) is 19.1 Å². The molecule has 0 bridgehead atoms. The van der Waals surface area contributed by atoms with Crippen LogP contribution in [0.3, 0.4) is 0 Å². The van der Waals surface area contributed by atoms with Gasteiger partial charge in [-0.2, -0.15) is 0 Å². The third-order valence-corrected chi connectivity index (χ3v) is 4.45. The van der Waals surface area contributed by atoms with Crippen molar-refractivity contribution in [2.24, 2.45) is 0 Å². The first kappa shape index (κ1) is 15.7. The normalized spacial score (nSPS) is 25.0. The van der Waals surface area contributed by atoms with Crippen LogP contribution in [0.4, 0.5) is 16.2 Å². The van der Waals surface area contributed by atoms with Crippen molar-refractivity contribution >= 4 is 29.3 Å². The minimum Gasteiger partial charge on any atom is -0.489 e. The third-order valence-electron chi connectivity index (χ3n) is 4.45. The summed E-state index contributed by atoms with van der Waals surface area (Å²) < 4.78 is 20.7. The highest BCUT2D eigenvalue weighted by Crippen LogP contribution is 2.41. The number of hydrogen-bond donors (Lipinski definition) is 0. The minimum absolute atomic E-state index is 0.0409. The molecule has 2 fully saturated rings. The second kappa shape index (κ2) is 5.92. The molecule has 2 amide bonds. The first-order valence-electron chi connectivity index (χ1n) is 7.83. The van der Waals surface area contributed by atoms with Gasteiger partial charge in [-0.3, -0.25) is 9.69 Å². The monoisotopic (exact) mass is 348 g/mol. The molecule has 0 aliphatic carbocycles. The van der Waals surface area contributed by atoms with Gasteiger partial charge in [0, 0.05) is 18.3 Å². The van der Waals surface area contributed by atoms with Crippen LogP contribution in [-0.4, -0.2) is 63.6 Å². The maximum Gasteiger partial charge on any atom is 0.415 e. The van der Waals surface area contributed by atoms with Gasteiger partial charge in [-0.05, 0) is 12.1 Å². The molecule has 3 heterocycles. The van der Waals surface area contributed by atoms with Crippen molar-refractivity contribution in [3.05, 3.63) is 18.2 Å². The molecule has 3 aliphatic rings. The molecule has 4 rings (SSSR count). The number of fused-ring (bicyclic) bond motifs is 3. The van der Waals surface area contributed by atoms with E-state index in [0.29, 0.717) is 30.3 Å². The molecule has 1 aromatic rings. The quantitative estimate of drug-likeness (QED) is 0.710. The Morgan fingerprint density at radius 3 is 2.92 bits per heavy atom. The summed E-state index contributed by atoms with van der Waals surface area (Å²) in [6.45, 7) is 1.06. The maximum absolute atomic E-state index is 12.2. The largest absolute Gasteiger partial charge is 0.489 e. The molecule has 2 atom stereocenters. The lowest BCUT2D eigenvalue weighted by Crippen LogP contribution is -2.47.